The third kappa shape index (κ3) is 4.11. The van der Waals surface area contributed by atoms with Gasteiger partial charge in [0.15, 0.2) is 6.10 Å². The van der Waals surface area contributed by atoms with Crippen LogP contribution in [-0.4, -0.2) is 39.4 Å². The number of carbonyl (C=O) groups excluding carboxylic acids is 1. The Balaban J connectivity index is 2.05. The third-order valence-corrected chi connectivity index (χ3v) is 3.31. The summed E-state index contributed by atoms with van der Waals surface area (Å²) >= 11 is 0. The highest BCUT2D eigenvalue weighted by atomic mass is 16.5. The number of ether oxygens (including phenoxy) is 3. The van der Waals surface area contributed by atoms with Crippen molar-refractivity contribution < 1.29 is 19.0 Å². The minimum absolute atomic E-state index is 0.164. The van der Waals surface area contributed by atoms with Crippen LogP contribution in [0.4, 0.5) is 0 Å². The number of methoxy groups -OCH3 is 2. The van der Waals surface area contributed by atoms with Crippen LogP contribution in [0.2, 0.25) is 0 Å². The van der Waals surface area contributed by atoms with Gasteiger partial charge in [-0.25, -0.2) is 0 Å². The van der Waals surface area contributed by atoms with E-state index in [0.717, 1.165) is 16.5 Å². The predicted molar refractivity (Wildman–Crippen MR) is 85.5 cm³/mol. The molecule has 0 aliphatic heterocycles. The van der Waals surface area contributed by atoms with Gasteiger partial charge in [0.25, 0.3) is 5.91 Å². The minimum atomic E-state index is -0.570. The molecule has 5 heteroatoms. The number of rotatable bonds is 7. The summed E-state index contributed by atoms with van der Waals surface area (Å²) in [5, 5.41) is 4.84. The van der Waals surface area contributed by atoms with Crippen LogP contribution in [0.3, 0.4) is 0 Å². The average molecular weight is 303 g/mol. The monoisotopic (exact) mass is 303 g/mol. The number of carbonyl (C=O) groups is 1. The van der Waals surface area contributed by atoms with Crippen molar-refractivity contribution in [2.24, 2.45) is 0 Å². The van der Waals surface area contributed by atoms with Gasteiger partial charge in [0.1, 0.15) is 11.5 Å². The number of amides is 1. The highest BCUT2D eigenvalue weighted by Crippen LogP contribution is 2.25. The molecule has 0 bridgehead atoms. The van der Waals surface area contributed by atoms with Gasteiger partial charge in [0, 0.05) is 13.7 Å². The molecule has 0 heterocycles. The van der Waals surface area contributed by atoms with Crippen LogP contribution in [0.15, 0.2) is 36.4 Å². The van der Waals surface area contributed by atoms with Gasteiger partial charge in [-0.2, -0.15) is 0 Å². The van der Waals surface area contributed by atoms with Crippen molar-refractivity contribution in [2.75, 3.05) is 27.4 Å². The number of benzene rings is 2. The molecule has 5 nitrogen and oxygen atoms in total. The summed E-state index contributed by atoms with van der Waals surface area (Å²) in [6.45, 7) is 2.67. The van der Waals surface area contributed by atoms with E-state index >= 15 is 0 Å². The fraction of sp³-hybridized carbons (Fsp3) is 0.353. The molecule has 2 rings (SSSR count). The predicted octanol–water partition coefficient (Wildman–Crippen LogP) is 2.38. The summed E-state index contributed by atoms with van der Waals surface area (Å²) in [5.41, 5.74) is 0. The second-order valence-corrected chi connectivity index (χ2v) is 4.92. The lowest BCUT2D eigenvalue weighted by Crippen LogP contribution is -2.37. The number of hydrogen-bond acceptors (Lipinski definition) is 4. The summed E-state index contributed by atoms with van der Waals surface area (Å²) < 4.78 is 15.8. The second kappa shape index (κ2) is 7.66. The molecule has 1 atom stereocenters. The Bertz CT molecular complexity index is 642. The van der Waals surface area contributed by atoms with Crippen molar-refractivity contribution in [3.63, 3.8) is 0 Å². The van der Waals surface area contributed by atoms with Crippen molar-refractivity contribution >= 4 is 16.7 Å². The molecular weight excluding hydrogens is 282 g/mol. The molecule has 0 saturated carbocycles. The van der Waals surface area contributed by atoms with E-state index in [-0.39, 0.29) is 5.91 Å². The van der Waals surface area contributed by atoms with E-state index in [4.69, 9.17) is 14.2 Å². The van der Waals surface area contributed by atoms with Crippen LogP contribution < -0.4 is 14.8 Å². The first-order valence-electron chi connectivity index (χ1n) is 7.15. The van der Waals surface area contributed by atoms with E-state index in [1.165, 1.54) is 0 Å². The maximum absolute atomic E-state index is 11.9. The standard InChI is InChI=1S/C17H21NO4/c1-12(17(19)18-8-9-20-2)22-16-7-5-13-4-6-15(21-3)10-14(13)11-16/h4-7,10-12H,8-9H2,1-3H3,(H,18,19)/t12-/m1/s1. The smallest absolute Gasteiger partial charge is 0.260 e. The number of hydrogen-bond donors (Lipinski definition) is 1. The van der Waals surface area contributed by atoms with E-state index < -0.39 is 6.10 Å². The Hall–Kier alpha value is -2.27. The zero-order chi connectivity index (χ0) is 15.9. The summed E-state index contributed by atoms with van der Waals surface area (Å²) in [6, 6.07) is 11.5. The molecule has 0 unspecified atom stereocenters. The Morgan fingerprint density at radius 3 is 2.45 bits per heavy atom. The quantitative estimate of drug-likeness (QED) is 0.798. The van der Waals surface area contributed by atoms with Crippen LogP contribution >= 0.6 is 0 Å². The van der Waals surface area contributed by atoms with E-state index in [1.54, 1.807) is 21.1 Å². The summed E-state index contributed by atoms with van der Waals surface area (Å²) in [6.07, 6.45) is -0.570. The van der Waals surface area contributed by atoms with E-state index in [2.05, 4.69) is 5.32 Å². The Labute approximate surface area is 130 Å². The first-order chi connectivity index (χ1) is 10.6. The zero-order valence-electron chi connectivity index (χ0n) is 13.1. The minimum Gasteiger partial charge on any atom is -0.497 e. The Kier molecular flexibility index (Phi) is 5.61. The largest absolute Gasteiger partial charge is 0.497 e. The van der Waals surface area contributed by atoms with Crippen LogP contribution in [0, 0.1) is 0 Å². The normalized spacial score (nSPS) is 12.0. The second-order valence-electron chi connectivity index (χ2n) is 4.92. The van der Waals surface area contributed by atoms with Crippen molar-refractivity contribution in [3.8, 4) is 11.5 Å². The molecule has 0 aliphatic rings. The van der Waals surface area contributed by atoms with Gasteiger partial charge in [-0.3, -0.25) is 4.79 Å². The van der Waals surface area contributed by atoms with E-state index in [9.17, 15) is 4.79 Å². The van der Waals surface area contributed by atoms with E-state index in [1.807, 2.05) is 36.4 Å². The molecule has 0 aromatic heterocycles. The molecule has 0 fully saturated rings. The molecule has 2 aromatic rings. The van der Waals surface area contributed by atoms with Gasteiger partial charge in [-0.05, 0) is 42.0 Å². The average Bonchev–Trinajstić information content (AvgIpc) is 2.54. The van der Waals surface area contributed by atoms with Gasteiger partial charge < -0.3 is 19.5 Å². The molecule has 0 radical (unpaired) electrons. The fourth-order valence-electron chi connectivity index (χ4n) is 2.08. The van der Waals surface area contributed by atoms with Crippen molar-refractivity contribution in [2.45, 2.75) is 13.0 Å². The van der Waals surface area contributed by atoms with Crippen LogP contribution in [0.5, 0.6) is 11.5 Å². The highest BCUT2D eigenvalue weighted by molar-refractivity contribution is 5.85. The Morgan fingerprint density at radius 2 is 1.77 bits per heavy atom. The third-order valence-electron chi connectivity index (χ3n) is 3.31. The lowest BCUT2D eigenvalue weighted by molar-refractivity contribution is -0.127. The van der Waals surface area contributed by atoms with Crippen LogP contribution in [0.1, 0.15) is 6.92 Å². The molecule has 0 spiro atoms. The first kappa shape index (κ1) is 16.1. The maximum Gasteiger partial charge on any atom is 0.260 e. The van der Waals surface area contributed by atoms with Gasteiger partial charge in [-0.15, -0.1) is 0 Å². The summed E-state index contributed by atoms with van der Waals surface area (Å²) in [7, 11) is 3.23. The van der Waals surface area contributed by atoms with Crippen molar-refractivity contribution in [1.82, 2.24) is 5.32 Å². The topological polar surface area (TPSA) is 56.8 Å². The van der Waals surface area contributed by atoms with Gasteiger partial charge >= 0.3 is 0 Å². The lowest BCUT2D eigenvalue weighted by Gasteiger charge is -2.15. The van der Waals surface area contributed by atoms with Gasteiger partial charge in [0.05, 0.1) is 13.7 Å². The molecular formula is C17H21NO4. The number of fused-ring (bicyclic) bond motifs is 1. The molecule has 0 aliphatic carbocycles. The lowest BCUT2D eigenvalue weighted by atomic mass is 10.1. The Morgan fingerprint density at radius 1 is 1.09 bits per heavy atom. The summed E-state index contributed by atoms with van der Waals surface area (Å²) in [4.78, 5) is 11.9. The maximum atomic E-state index is 11.9. The van der Waals surface area contributed by atoms with Gasteiger partial charge in [0.2, 0.25) is 0 Å². The van der Waals surface area contributed by atoms with E-state index in [0.29, 0.717) is 18.9 Å². The molecule has 1 amide bonds. The molecule has 2 aromatic carbocycles. The first-order valence-corrected chi connectivity index (χ1v) is 7.15. The molecule has 0 saturated heterocycles. The highest BCUT2D eigenvalue weighted by Gasteiger charge is 2.14. The summed E-state index contributed by atoms with van der Waals surface area (Å²) in [5.74, 6) is 1.27. The molecule has 22 heavy (non-hydrogen) atoms. The molecule has 118 valence electrons. The molecule has 1 N–H and O–H groups in total. The van der Waals surface area contributed by atoms with Crippen molar-refractivity contribution in [3.05, 3.63) is 36.4 Å². The van der Waals surface area contributed by atoms with Crippen molar-refractivity contribution in [1.29, 1.82) is 0 Å². The SMILES string of the molecule is COCCNC(=O)[C@@H](C)Oc1ccc2ccc(OC)cc2c1. The van der Waals surface area contributed by atoms with Gasteiger partial charge in [-0.1, -0.05) is 12.1 Å². The fourth-order valence-corrected chi connectivity index (χ4v) is 2.08. The number of nitrogens with one attached hydrogen (secondary N) is 1. The van der Waals surface area contributed by atoms with Crippen LogP contribution in [-0.2, 0) is 9.53 Å². The van der Waals surface area contributed by atoms with Crippen LogP contribution in [0.25, 0.3) is 10.8 Å². The zero-order valence-corrected chi connectivity index (χ0v) is 13.1.